The van der Waals surface area contributed by atoms with Gasteiger partial charge in [0.1, 0.15) is 15.8 Å². The van der Waals surface area contributed by atoms with Crippen LogP contribution in [0.15, 0.2) is 50.6 Å². The van der Waals surface area contributed by atoms with Crippen LogP contribution < -0.4 is 5.14 Å². The summed E-state index contributed by atoms with van der Waals surface area (Å²) in [6, 6.07) is 9.66. The maximum absolute atomic E-state index is 12.7. The molecule has 6 nitrogen and oxygen atoms in total. The first-order valence-electron chi connectivity index (χ1n) is 10.3. The number of sulfonamides is 1. The average Bonchev–Trinajstić information content (AvgIpc) is 3.30. The Kier molecular flexibility index (Phi) is 8.10. The van der Waals surface area contributed by atoms with Crippen LogP contribution in [-0.2, 0) is 14.8 Å². The summed E-state index contributed by atoms with van der Waals surface area (Å²) in [5.74, 6) is 1.01. The Bertz CT molecular complexity index is 1070. The number of nitrogens with zero attached hydrogens (tertiary/aromatic N) is 1. The second kappa shape index (κ2) is 10.6. The Morgan fingerprint density at radius 3 is 2.42 bits per heavy atom. The molecule has 3 rings (SSSR count). The van der Waals surface area contributed by atoms with Crippen LogP contribution >= 0.6 is 24.0 Å². The van der Waals surface area contributed by atoms with E-state index in [9.17, 15) is 13.2 Å². The molecule has 0 radical (unpaired) electrons. The van der Waals surface area contributed by atoms with Crippen LogP contribution in [0.4, 0.5) is 0 Å². The van der Waals surface area contributed by atoms with Crippen LogP contribution in [0, 0.1) is 0 Å². The fourth-order valence-electron chi connectivity index (χ4n) is 3.27. The molecule has 2 aromatic rings. The van der Waals surface area contributed by atoms with Gasteiger partial charge in [0, 0.05) is 18.2 Å². The summed E-state index contributed by atoms with van der Waals surface area (Å²) in [7, 11) is -3.74. The number of carbonyl (C=O) groups is 1. The van der Waals surface area contributed by atoms with E-state index in [2.05, 4.69) is 6.92 Å². The van der Waals surface area contributed by atoms with Crippen molar-refractivity contribution < 1.29 is 17.6 Å². The van der Waals surface area contributed by atoms with Gasteiger partial charge in [0.2, 0.25) is 10.0 Å². The van der Waals surface area contributed by atoms with E-state index in [1.807, 2.05) is 0 Å². The molecule has 1 saturated heterocycles. The number of hydrogen-bond acceptors (Lipinski definition) is 6. The van der Waals surface area contributed by atoms with Crippen molar-refractivity contribution in [3.05, 3.63) is 47.1 Å². The van der Waals surface area contributed by atoms with E-state index in [1.54, 1.807) is 35.2 Å². The first kappa shape index (κ1) is 23.7. The van der Waals surface area contributed by atoms with Crippen molar-refractivity contribution in [3.63, 3.8) is 0 Å². The minimum absolute atomic E-state index is 0.0390. The Hall–Kier alpha value is -1.94. The molecule has 31 heavy (non-hydrogen) atoms. The predicted octanol–water partition coefficient (Wildman–Crippen LogP) is 5.16. The zero-order valence-electron chi connectivity index (χ0n) is 17.4. The average molecular weight is 479 g/mol. The van der Waals surface area contributed by atoms with Crippen molar-refractivity contribution >= 4 is 50.3 Å². The van der Waals surface area contributed by atoms with Crippen LogP contribution in [0.1, 0.15) is 51.2 Å². The number of amides is 1. The maximum Gasteiger partial charge on any atom is 0.266 e. The number of nitrogens with two attached hydrogens (primary N) is 1. The molecule has 0 saturated carbocycles. The van der Waals surface area contributed by atoms with Crippen molar-refractivity contribution in [2.75, 3.05) is 6.54 Å². The lowest BCUT2D eigenvalue weighted by molar-refractivity contribution is -0.122. The standard InChI is InChI=1S/C22H26N2O4S3/c1-2-3-4-5-6-7-14-24-21(25)20(30-22(24)29)15-17-10-13-19(28-17)16-8-11-18(12-9-16)31(23,26)27/h8-13,15H,2-7,14H2,1H3,(H2,23,26,27). The van der Waals surface area contributed by atoms with Crippen molar-refractivity contribution in [1.82, 2.24) is 4.90 Å². The van der Waals surface area contributed by atoms with Crippen molar-refractivity contribution in [2.45, 2.75) is 50.3 Å². The van der Waals surface area contributed by atoms with E-state index in [-0.39, 0.29) is 10.8 Å². The van der Waals surface area contributed by atoms with Gasteiger partial charge in [-0.3, -0.25) is 9.69 Å². The zero-order valence-corrected chi connectivity index (χ0v) is 19.8. The number of carbonyl (C=O) groups excluding carboxylic acids is 1. The molecular formula is C22H26N2O4S3. The molecule has 9 heteroatoms. The minimum Gasteiger partial charge on any atom is -0.457 e. The molecule has 1 aliphatic rings. The number of furan rings is 1. The molecule has 0 bridgehead atoms. The van der Waals surface area contributed by atoms with Gasteiger partial charge in [0.15, 0.2) is 0 Å². The number of thiocarbonyl (C=S) groups is 1. The summed E-state index contributed by atoms with van der Waals surface area (Å²) >= 11 is 6.68. The van der Waals surface area contributed by atoms with Gasteiger partial charge < -0.3 is 4.42 Å². The van der Waals surface area contributed by atoms with Crippen molar-refractivity contribution in [2.24, 2.45) is 5.14 Å². The highest BCUT2D eigenvalue weighted by atomic mass is 32.2. The predicted molar refractivity (Wildman–Crippen MR) is 129 cm³/mol. The van der Waals surface area contributed by atoms with Gasteiger partial charge in [-0.05, 0) is 42.8 Å². The van der Waals surface area contributed by atoms with E-state index in [4.69, 9.17) is 21.8 Å². The van der Waals surface area contributed by atoms with E-state index >= 15 is 0 Å². The number of benzene rings is 1. The van der Waals surface area contributed by atoms with E-state index < -0.39 is 10.0 Å². The Morgan fingerprint density at radius 1 is 1.06 bits per heavy atom. The maximum atomic E-state index is 12.7. The first-order chi connectivity index (χ1) is 14.8. The lowest BCUT2D eigenvalue weighted by Gasteiger charge is -2.13. The summed E-state index contributed by atoms with van der Waals surface area (Å²) in [4.78, 5) is 15.0. The second-order valence-corrected chi connectivity index (χ2v) is 10.6. The third-order valence-corrected chi connectivity index (χ3v) is 7.28. The summed E-state index contributed by atoms with van der Waals surface area (Å²) in [6.07, 6.45) is 8.64. The summed E-state index contributed by atoms with van der Waals surface area (Å²) in [6.45, 7) is 2.84. The molecule has 1 fully saturated rings. The highest BCUT2D eigenvalue weighted by Gasteiger charge is 2.31. The van der Waals surface area contributed by atoms with Crippen LogP contribution in [0.5, 0.6) is 0 Å². The van der Waals surface area contributed by atoms with Gasteiger partial charge in [-0.25, -0.2) is 13.6 Å². The van der Waals surface area contributed by atoms with Crippen LogP contribution in [0.25, 0.3) is 17.4 Å². The highest BCUT2D eigenvalue weighted by molar-refractivity contribution is 8.26. The first-order valence-corrected chi connectivity index (χ1v) is 13.0. The van der Waals surface area contributed by atoms with Gasteiger partial charge in [-0.15, -0.1) is 0 Å². The summed E-state index contributed by atoms with van der Waals surface area (Å²) < 4.78 is 29.2. The normalized spacial score (nSPS) is 15.9. The fraction of sp³-hybridized carbons (Fsp3) is 0.364. The van der Waals surface area contributed by atoms with E-state index in [0.717, 1.165) is 12.8 Å². The van der Waals surface area contributed by atoms with Crippen LogP contribution in [0.2, 0.25) is 0 Å². The number of hydrogen-bond donors (Lipinski definition) is 1. The largest absolute Gasteiger partial charge is 0.457 e. The molecule has 0 spiro atoms. The number of unbranched alkanes of at least 4 members (excludes halogenated alkanes) is 5. The molecule has 2 heterocycles. The van der Waals surface area contributed by atoms with Gasteiger partial charge in [-0.2, -0.15) is 0 Å². The monoisotopic (exact) mass is 478 g/mol. The third kappa shape index (κ3) is 6.29. The van der Waals surface area contributed by atoms with Crippen molar-refractivity contribution in [1.29, 1.82) is 0 Å². The van der Waals surface area contributed by atoms with E-state index in [0.29, 0.717) is 32.9 Å². The van der Waals surface area contributed by atoms with Gasteiger partial charge >= 0.3 is 0 Å². The number of thioether (sulfide) groups is 1. The third-order valence-electron chi connectivity index (χ3n) is 4.98. The summed E-state index contributed by atoms with van der Waals surface area (Å²) in [5, 5.41) is 5.13. The molecule has 0 aliphatic carbocycles. The number of rotatable bonds is 10. The Balaban J connectivity index is 1.63. The highest BCUT2D eigenvalue weighted by Crippen LogP contribution is 2.34. The lowest BCUT2D eigenvalue weighted by Crippen LogP contribution is -2.28. The molecule has 1 aliphatic heterocycles. The number of primary sulfonamides is 1. The molecule has 1 aromatic carbocycles. The Labute approximate surface area is 192 Å². The molecule has 166 valence electrons. The molecule has 1 aromatic heterocycles. The molecular weight excluding hydrogens is 452 g/mol. The SMILES string of the molecule is CCCCCCCCN1C(=O)C(=Cc2ccc(-c3ccc(S(N)(=O)=O)cc3)o2)SC1=S. The topological polar surface area (TPSA) is 93.6 Å². The quantitative estimate of drug-likeness (QED) is 0.288. The van der Waals surface area contributed by atoms with Crippen molar-refractivity contribution in [3.8, 4) is 11.3 Å². The minimum atomic E-state index is -3.74. The molecule has 1 amide bonds. The Morgan fingerprint density at radius 2 is 1.74 bits per heavy atom. The van der Waals surface area contributed by atoms with E-state index in [1.165, 1.54) is 49.6 Å². The molecule has 0 atom stereocenters. The van der Waals surface area contributed by atoms with Crippen LogP contribution in [0.3, 0.4) is 0 Å². The molecule has 0 unspecified atom stereocenters. The van der Waals surface area contributed by atoms with Gasteiger partial charge in [0.25, 0.3) is 5.91 Å². The zero-order chi connectivity index (χ0) is 22.4. The molecule has 2 N–H and O–H groups in total. The van der Waals surface area contributed by atoms with Gasteiger partial charge in [0.05, 0.1) is 9.80 Å². The smallest absolute Gasteiger partial charge is 0.266 e. The second-order valence-electron chi connectivity index (χ2n) is 7.37. The van der Waals surface area contributed by atoms with Gasteiger partial charge in [-0.1, -0.05) is 63.0 Å². The van der Waals surface area contributed by atoms with Crippen LogP contribution in [-0.4, -0.2) is 30.1 Å². The summed E-state index contributed by atoms with van der Waals surface area (Å²) in [5.41, 5.74) is 0.711. The fourth-order valence-corrected chi connectivity index (χ4v) is 5.07. The lowest BCUT2D eigenvalue weighted by atomic mass is 10.1.